The summed E-state index contributed by atoms with van der Waals surface area (Å²) in [7, 11) is 0. The van der Waals surface area contributed by atoms with Crippen LogP contribution in [0.3, 0.4) is 0 Å². The highest BCUT2D eigenvalue weighted by Gasteiger charge is 2.09. The van der Waals surface area contributed by atoms with Gasteiger partial charge < -0.3 is 9.73 Å². The molecule has 2 aromatic rings. The Hall–Kier alpha value is -1.84. The summed E-state index contributed by atoms with van der Waals surface area (Å²) in [5.41, 5.74) is 0.909. The zero-order chi connectivity index (χ0) is 11.5. The first-order chi connectivity index (χ1) is 7.65. The Balaban J connectivity index is 2.07. The molecular formula is C12H15N3O. The van der Waals surface area contributed by atoms with E-state index in [4.69, 9.17) is 4.42 Å². The quantitative estimate of drug-likeness (QED) is 0.858. The van der Waals surface area contributed by atoms with Crippen molar-refractivity contribution in [2.75, 3.05) is 5.32 Å². The standard InChI is InChI=1S/C12H15N3O/c1-8-4-7-12(15-14-8)13-10(3)11-6-5-9(2)16-11/h4-7,10H,1-3H3,(H,13,15). The van der Waals surface area contributed by atoms with E-state index in [2.05, 4.69) is 15.5 Å². The highest BCUT2D eigenvalue weighted by molar-refractivity contribution is 5.35. The second kappa shape index (κ2) is 4.35. The highest BCUT2D eigenvalue weighted by Crippen LogP contribution is 2.19. The Morgan fingerprint density at radius 2 is 1.94 bits per heavy atom. The SMILES string of the molecule is Cc1ccc(NC(C)c2ccc(C)o2)nn1. The third-order valence-electron chi connectivity index (χ3n) is 2.35. The summed E-state index contributed by atoms with van der Waals surface area (Å²) >= 11 is 0. The van der Waals surface area contributed by atoms with E-state index in [0.29, 0.717) is 0 Å². The van der Waals surface area contributed by atoms with Crippen molar-refractivity contribution >= 4 is 5.82 Å². The molecule has 0 aromatic carbocycles. The monoisotopic (exact) mass is 217 g/mol. The van der Waals surface area contributed by atoms with Crippen LogP contribution in [-0.2, 0) is 0 Å². The average molecular weight is 217 g/mol. The van der Waals surface area contributed by atoms with Crippen molar-refractivity contribution in [3.8, 4) is 0 Å². The van der Waals surface area contributed by atoms with Gasteiger partial charge in [0.05, 0.1) is 11.7 Å². The molecule has 0 aliphatic carbocycles. The number of aromatic nitrogens is 2. The van der Waals surface area contributed by atoms with Gasteiger partial charge in [-0.2, -0.15) is 5.10 Å². The van der Waals surface area contributed by atoms with Crippen LogP contribution in [0.1, 0.15) is 30.2 Å². The molecule has 2 heterocycles. The number of hydrogen-bond acceptors (Lipinski definition) is 4. The smallest absolute Gasteiger partial charge is 0.149 e. The van der Waals surface area contributed by atoms with Gasteiger partial charge in [-0.3, -0.25) is 0 Å². The van der Waals surface area contributed by atoms with Gasteiger partial charge in [0.25, 0.3) is 0 Å². The number of rotatable bonds is 3. The van der Waals surface area contributed by atoms with E-state index in [-0.39, 0.29) is 6.04 Å². The molecule has 0 amide bonds. The second-order valence-corrected chi connectivity index (χ2v) is 3.87. The summed E-state index contributed by atoms with van der Waals surface area (Å²) in [6, 6.07) is 7.85. The van der Waals surface area contributed by atoms with Crippen LogP contribution in [-0.4, -0.2) is 10.2 Å². The summed E-state index contributed by atoms with van der Waals surface area (Å²) < 4.78 is 5.53. The van der Waals surface area contributed by atoms with Crippen LogP contribution in [0.25, 0.3) is 0 Å². The summed E-state index contributed by atoms with van der Waals surface area (Å²) in [6.45, 7) is 5.87. The second-order valence-electron chi connectivity index (χ2n) is 3.87. The number of anilines is 1. The molecule has 84 valence electrons. The van der Waals surface area contributed by atoms with Crippen LogP contribution in [0.5, 0.6) is 0 Å². The first-order valence-corrected chi connectivity index (χ1v) is 5.28. The number of hydrogen-bond donors (Lipinski definition) is 1. The minimum atomic E-state index is 0.0886. The summed E-state index contributed by atoms with van der Waals surface area (Å²) in [4.78, 5) is 0. The van der Waals surface area contributed by atoms with Crippen LogP contribution in [0.2, 0.25) is 0 Å². The lowest BCUT2D eigenvalue weighted by Crippen LogP contribution is -2.07. The Kier molecular flexibility index (Phi) is 2.90. The topological polar surface area (TPSA) is 51.0 Å². The number of aryl methyl sites for hydroxylation is 2. The maximum Gasteiger partial charge on any atom is 0.149 e. The van der Waals surface area contributed by atoms with Crippen molar-refractivity contribution < 1.29 is 4.42 Å². The van der Waals surface area contributed by atoms with E-state index in [1.807, 2.05) is 45.0 Å². The van der Waals surface area contributed by atoms with E-state index < -0.39 is 0 Å². The van der Waals surface area contributed by atoms with Gasteiger partial charge in [0.2, 0.25) is 0 Å². The normalized spacial score (nSPS) is 12.4. The Morgan fingerprint density at radius 1 is 1.12 bits per heavy atom. The van der Waals surface area contributed by atoms with Gasteiger partial charge in [0.1, 0.15) is 17.3 Å². The molecule has 1 unspecified atom stereocenters. The zero-order valence-corrected chi connectivity index (χ0v) is 9.69. The molecular weight excluding hydrogens is 202 g/mol. The van der Waals surface area contributed by atoms with Crippen molar-refractivity contribution in [1.29, 1.82) is 0 Å². The van der Waals surface area contributed by atoms with Gasteiger partial charge in [0, 0.05) is 0 Å². The molecule has 2 aromatic heterocycles. The summed E-state index contributed by atoms with van der Waals surface area (Å²) in [5, 5.41) is 11.3. The van der Waals surface area contributed by atoms with Gasteiger partial charge in [0.15, 0.2) is 0 Å². The van der Waals surface area contributed by atoms with Crippen LogP contribution in [0.4, 0.5) is 5.82 Å². The van der Waals surface area contributed by atoms with Crippen molar-refractivity contribution in [3.05, 3.63) is 41.5 Å². The predicted molar refractivity (Wildman–Crippen MR) is 62.3 cm³/mol. The molecule has 0 aliphatic heterocycles. The van der Waals surface area contributed by atoms with Gasteiger partial charge in [-0.25, -0.2) is 0 Å². The van der Waals surface area contributed by atoms with Crippen LogP contribution < -0.4 is 5.32 Å². The van der Waals surface area contributed by atoms with Crippen LogP contribution >= 0.6 is 0 Å². The fourth-order valence-corrected chi connectivity index (χ4v) is 1.46. The first kappa shape index (κ1) is 10.7. The molecule has 0 radical (unpaired) electrons. The van der Waals surface area contributed by atoms with E-state index in [9.17, 15) is 0 Å². The molecule has 16 heavy (non-hydrogen) atoms. The predicted octanol–water partition coefficient (Wildman–Crippen LogP) is 2.86. The van der Waals surface area contributed by atoms with Crippen LogP contribution in [0.15, 0.2) is 28.7 Å². The zero-order valence-electron chi connectivity index (χ0n) is 9.69. The van der Waals surface area contributed by atoms with E-state index in [1.54, 1.807) is 0 Å². The van der Waals surface area contributed by atoms with E-state index in [0.717, 1.165) is 23.0 Å². The van der Waals surface area contributed by atoms with Gasteiger partial charge in [-0.1, -0.05) is 0 Å². The van der Waals surface area contributed by atoms with Gasteiger partial charge in [-0.15, -0.1) is 5.10 Å². The molecule has 1 atom stereocenters. The van der Waals surface area contributed by atoms with Gasteiger partial charge >= 0.3 is 0 Å². The minimum absolute atomic E-state index is 0.0886. The maximum absolute atomic E-state index is 5.53. The Labute approximate surface area is 94.7 Å². The lowest BCUT2D eigenvalue weighted by atomic mass is 10.2. The third kappa shape index (κ3) is 2.39. The molecule has 4 heteroatoms. The average Bonchev–Trinajstić information content (AvgIpc) is 2.68. The largest absolute Gasteiger partial charge is 0.464 e. The van der Waals surface area contributed by atoms with Crippen molar-refractivity contribution in [3.63, 3.8) is 0 Å². The molecule has 1 N–H and O–H groups in total. The Morgan fingerprint density at radius 3 is 2.50 bits per heavy atom. The lowest BCUT2D eigenvalue weighted by molar-refractivity contribution is 0.466. The fourth-order valence-electron chi connectivity index (χ4n) is 1.46. The number of nitrogens with zero attached hydrogens (tertiary/aromatic N) is 2. The maximum atomic E-state index is 5.53. The number of nitrogens with one attached hydrogen (secondary N) is 1. The number of furan rings is 1. The van der Waals surface area contributed by atoms with E-state index in [1.165, 1.54) is 0 Å². The van der Waals surface area contributed by atoms with Crippen molar-refractivity contribution in [1.82, 2.24) is 10.2 Å². The summed E-state index contributed by atoms with van der Waals surface area (Å²) in [6.07, 6.45) is 0. The molecule has 0 spiro atoms. The molecule has 0 bridgehead atoms. The third-order valence-corrected chi connectivity index (χ3v) is 2.35. The first-order valence-electron chi connectivity index (χ1n) is 5.28. The molecule has 4 nitrogen and oxygen atoms in total. The molecule has 2 rings (SSSR count). The van der Waals surface area contributed by atoms with Crippen molar-refractivity contribution in [2.24, 2.45) is 0 Å². The van der Waals surface area contributed by atoms with Crippen molar-refractivity contribution in [2.45, 2.75) is 26.8 Å². The fraction of sp³-hybridized carbons (Fsp3) is 0.333. The molecule has 0 saturated heterocycles. The Bertz CT molecular complexity index is 461. The lowest BCUT2D eigenvalue weighted by Gasteiger charge is -2.11. The van der Waals surface area contributed by atoms with Gasteiger partial charge in [-0.05, 0) is 45.0 Å². The molecule has 0 saturated carbocycles. The minimum Gasteiger partial charge on any atom is -0.464 e. The summed E-state index contributed by atoms with van der Waals surface area (Å²) in [5.74, 6) is 2.57. The highest BCUT2D eigenvalue weighted by atomic mass is 16.3. The van der Waals surface area contributed by atoms with E-state index >= 15 is 0 Å². The molecule has 0 fully saturated rings. The molecule has 0 aliphatic rings. The van der Waals surface area contributed by atoms with Crippen LogP contribution in [0, 0.1) is 13.8 Å².